The molecule has 0 radical (unpaired) electrons. The van der Waals surface area contributed by atoms with E-state index in [0.717, 1.165) is 24.0 Å². The Morgan fingerprint density at radius 2 is 2.17 bits per heavy atom. The number of ether oxygens (including phenoxy) is 2. The lowest BCUT2D eigenvalue weighted by molar-refractivity contribution is 0.0518. The highest BCUT2D eigenvalue weighted by molar-refractivity contribution is 5.90. The normalized spacial score (nSPS) is 13.2. The van der Waals surface area contributed by atoms with E-state index in [4.69, 9.17) is 9.47 Å². The van der Waals surface area contributed by atoms with Crippen molar-refractivity contribution in [3.05, 3.63) is 46.9 Å². The number of hydrogen-bond donors (Lipinski definition) is 0. The minimum atomic E-state index is -0.529. The second-order valence-electron chi connectivity index (χ2n) is 5.49. The number of nitrogens with zero attached hydrogens (tertiary/aromatic N) is 1. The zero-order valence-corrected chi connectivity index (χ0v) is 13.2. The van der Waals surface area contributed by atoms with Crippen molar-refractivity contribution in [2.24, 2.45) is 0 Å². The number of aromatic nitrogens is 1. The fourth-order valence-electron chi connectivity index (χ4n) is 2.72. The summed E-state index contributed by atoms with van der Waals surface area (Å²) in [5, 5.41) is 0. The summed E-state index contributed by atoms with van der Waals surface area (Å²) in [5.41, 5.74) is 2.92. The van der Waals surface area contributed by atoms with Crippen molar-refractivity contribution < 1.29 is 18.7 Å². The number of carbonyl (C=O) groups excluding carboxylic acids is 1. The van der Waals surface area contributed by atoms with Gasteiger partial charge in [0.05, 0.1) is 13.2 Å². The zero-order valence-electron chi connectivity index (χ0n) is 13.2. The quantitative estimate of drug-likeness (QED) is 0.810. The number of rotatable bonds is 3. The van der Waals surface area contributed by atoms with Gasteiger partial charge in [-0.05, 0) is 49.9 Å². The van der Waals surface area contributed by atoms with Crippen LogP contribution in [0.3, 0.4) is 0 Å². The highest BCUT2D eigenvalue weighted by atomic mass is 19.1. The highest BCUT2D eigenvalue weighted by Gasteiger charge is 2.23. The van der Waals surface area contributed by atoms with Gasteiger partial charge in [-0.15, -0.1) is 0 Å². The van der Waals surface area contributed by atoms with Crippen molar-refractivity contribution in [3.8, 4) is 17.0 Å². The van der Waals surface area contributed by atoms with Crippen LogP contribution in [-0.2, 0) is 11.2 Å². The predicted molar refractivity (Wildman–Crippen MR) is 84.1 cm³/mol. The van der Waals surface area contributed by atoms with Crippen LogP contribution in [0, 0.1) is 12.7 Å². The van der Waals surface area contributed by atoms with E-state index in [0.29, 0.717) is 23.6 Å². The van der Waals surface area contributed by atoms with E-state index in [2.05, 4.69) is 4.98 Å². The summed E-state index contributed by atoms with van der Waals surface area (Å²) in [4.78, 5) is 16.3. The molecule has 1 aromatic carbocycles. The topological polar surface area (TPSA) is 48.4 Å². The molecule has 120 valence electrons. The molecular formula is C18H18FNO3. The Morgan fingerprint density at radius 1 is 1.35 bits per heavy atom. The van der Waals surface area contributed by atoms with Crippen LogP contribution in [0.2, 0.25) is 0 Å². The molecule has 0 saturated heterocycles. The maximum Gasteiger partial charge on any atom is 0.357 e. The molecule has 5 heteroatoms. The van der Waals surface area contributed by atoms with Crippen LogP contribution in [0.15, 0.2) is 24.3 Å². The number of hydrogen-bond acceptors (Lipinski definition) is 4. The lowest BCUT2D eigenvalue weighted by atomic mass is 9.95. The van der Waals surface area contributed by atoms with E-state index in [9.17, 15) is 9.18 Å². The van der Waals surface area contributed by atoms with Gasteiger partial charge < -0.3 is 9.47 Å². The third-order valence-electron chi connectivity index (χ3n) is 3.80. The van der Waals surface area contributed by atoms with Crippen LogP contribution in [-0.4, -0.2) is 24.2 Å². The SMILES string of the molecule is CCOC(=O)c1cc(-c2ccc(C)cc2F)c2c(n1)OCCC2. The second kappa shape index (κ2) is 6.36. The number of pyridine rings is 1. The third-order valence-corrected chi connectivity index (χ3v) is 3.80. The molecule has 2 heterocycles. The monoisotopic (exact) mass is 315 g/mol. The van der Waals surface area contributed by atoms with E-state index in [1.807, 2.05) is 13.0 Å². The number of benzene rings is 1. The molecular weight excluding hydrogens is 297 g/mol. The standard InChI is InChI=1S/C18H18FNO3/c1-3-22-18(21)16-10-14(12-7-6-11(2)9-15(12)19)13-5-4-8-23-17(13)20-16/h6-7,9-10H,3-5,8H2,1-2H3. The van der Waals surface area contributed by atoms with Gasteiger partial charge in [0.1, 0.15) is 5.82 Å². The first-order chi connectivity index (χ1) is 11.1. The molecule has 1 aliphatic heterocycles. The lowest BCUT2D eigenvalue weighted by Gasteiger charge is -2.20. The van der Waals surface area contributed by atoms with E-state index >= 15 is 0 Å². The maximum absolute atomic E-state index is 14.4. The molecule has 1 aromatic heterocycles. The van der Waals surface area contributed by atoms with Crippen LogP contribution < -0.4 is 4.74 Å². The van der Waals surface area contributed by atoms with E-state index in [1.165, 1.54) is 6.07 Å². The smallest absolute Gasteiger partial charge is 0.357 e. The van der Waals surface area contributed by atoms with Gasteiger partial charge in [0, 0.05) is 11.1 Å². The Bertz CT molecular complexity index is 758. The summed E-state index contributed by atoms with van der Waals surface area (Å²) in [7, 11) is 0. The molecule has 2 aromatic rings. The maximum atomic E-state index is 14.4. The summed E-state index contributed by atoms with van der Waals surface area (Å²) < 4.78 is 25.0. The first kappa shape index (κ1) is 15.5. The van der Waals surface area contributed by atoms with Gasteiger partial charge in [-0.1, -0.05) is 12.1 Å². The van der Waals surface area contributed by atoms with Gasteiger partial charge in [0.25, 0.3) is 0 Å². The Labute approximate surface area is 134 Å². The molecule has 23 heavy (non-hydrogen) atoms. The van der Waals surface area contributed by atoms with Crippen LogP contribution in [0.4, 0.5) is 4.39 Å². The van der Waals surface area contributed by atoms with Gasteiger partial charge >= 0.3 is 5.97 Å². The first-order valence-corrected chi connectivity index (χ1v) is 7.70. The molecule has 0 unspecified atom stereocenters. The summed E-state index contributed by atoms with van der Waals surface area (Å²) in [6.07, 6.45) is 1.59. The molecule has 0 amide bonds. The van der Waals surface area contributed by atoms with Crippen molar-refractivity contribution in [2.75, 3.05) is 13.2 Å². The summed E-state index contributed by atoms with van der Waals surface area (Å²) in [5.74, 6) is -0.450. The molecule has 4 nitrogen and oxygen atoms in total. The van der Waals surface area contributed by atoms with Gasteiger partial charge in [0.15, 0.2) is 5.69 Å². The Balaban J connectivity index is 2.17. The van der Waals surface area contributed by atoms with Crippen molar-refractivity contribution in [1.29, 1.82) is 0 Å². The Kier molecular flexibility index (Phi) is 4.28. The van der Waals surface area contributed by atoms with E-state index < -0.39 is 5.97 Å². The molecule has 0 fully saturated rings. The molecule has 3 rings (SSSR count). The predicted octanol–water partition coefficient (Wildman–Crippen LogP) is 3.70. The average molecular weight is 315 g/mol. The fraction of sp³-hybridized carbons (Fsp3) is 0.333. The molecule has 0 spiro atoms. The minimum Gasteiger partial charge on any atom is -0.477 e. The Morgan fingerprint density at radius 3 is 2.91 bits per heavy atom. The number of esters is 1. The average Bonchev–Trinajstić information content (AvgIpc) is 2.54. The molecule has 0 aliphatic carbocycles. The first-order valence-electron chi connectivity index (χ1n) is 7.70. The summed E-state index contributed by atoms with van der Waals surface area (Å²) >= 11 is 0. The van der Waals surface area contributed by atoms with Gasteiger partial charge in [-0.3, -0.25) is 0 Å². The number of fused-ring (bicyclic) bond motifs is 1. The van der Waals surface area contributed by atoms with E-state index in [-0.39, 0.29) is 18.1 Å². The van der Waals surface area contributed by atoms with Gasteiger partial charge in [-0.2, -0.15) is 0 Å². The fourth-order valence-corrected chi connectivity index (χ4v) is 2.72. The lowest BCUT2D eigenvalue weighted by Crippen LogP contribution is -2.15. The summed E-state index contributed by atoms with van der Waals surface area (Å²) in [6.45, 7) is 4.37. The Hall–Kier alpha value is -2.43. The summed E-state index contributed by atoms with van der Waals surface area (Å²) in [6, 6.07) is 6.65. The van der Waals surface area contributed by atoms with Gasteiger partial charge in [0.2, 0.25) is 5.88 Å². The molecule has 0 bridgehead atoms. The molecule has 0 atom stereocenters. The van der Waals surface area contributed by atoms with Crippen LogP contribution in [0.1, 0.15) is 35.0 Å². The number of carbonyl (C=O) groups is 1. The number of halogens is 1. The van der Waals surface area contributed by atoms with Crippen LogP contribution >= 0.6 is 0 Å². The minimum absolute atomic E-state index is 0.141. The second-order valence-corrected chi connectivity index (χ2v) is 5.49. The largest absolute Gasteiger partial charge is 0.477 e. The highest BCUT2D eigenvalue weighted by Crippen LogP contribution is 2.35. The van der Waals surface area contributed by atoms with Crippen LogP contribution in [0.25, 0.3) is 11.1 Å². The zero-order chi connectivity index (χ0) is 16.4. The molecule has 0 N–H and O–H groups in total. The molecule has 0 saturated carbocycles. The van der Waals surface area contributed by atoms with Crippen molar-refractivity contribution in [3.63, 3.8) is 0 Å². The number of aryl methyl sites for hydroxylation is 1. The van der Waals surface area contributed by atoms with E-state index in [1.54, 1.807) is 19.1 Å². The van der Waals surface area contributed by atoms with Crippen molar-refractivity contribution in [1.82, 2.24) is 4.98 Å². The van der Waals surface area contributed by atoms with Crippen LogP contribution in [0.5, 0.6) is 5.88 Å². The van der Waals surface area contributed by atoms with Crippen molar-refractivity contribution in [2.45, 2.75) is 26.7 Å². The van der Waals surface area contributed by atoms with Gasteiger partial charge in [-0.25, -0.2) is 14.2 Å². The third kappa shape index (κ3) is 3.04. The molecule has 1 aliphatic rings. The van der Waals surface area contributed by atoms with Crippen molar-refractivity contribution >= 4 is 5.97 Å².